The Morgan fingerprint density at radius 1 is 1.00 bits per heavy atom. The van der Waals surface area contributed by atoms with Crippen LogP contribution in [0.5, 0.6) is 0 Å². The molecule has 1 saturated heterocycles. The molecule has 0 spiro atoms. The Bertz CT molecular complexity index is 1020. The minimum atomic E-state index is -3.50. The average Bonchev–Trinajstić information content (AvgIpc) is 2.79. The Morgan fingerprint density at radius 3 is 2.33 bits per heavy atom. The number of sulfonamides is 1. The lowest BCUT2D eigenvalue weighted by Gasteiger charge is -2.52. The molecule has 3 atom stereocenters. The van der Waals surface area contributed by atoms with Crippen molar-refractivity contribution in [2.75, 3.05) is 13.1 Å². The first-order valence-corrected chi connectivity index (χ1v) is 14.2. The molecular weight excluding hydrogens is 426 g/mol. The van der Waals surface area contributed by atoms with E-state index in [1.54, 1.807) is 4.31 Å². The molecule has 2 aromatic rings. The van der Waals surface area contributed by atoms with Gasteiger partial charge in [0.2, 0.25) is 10.0 Å². The van der Waals surface area contributed by atoms with E-state index in [4.69, 9.17) is 0 Å². The van der Waals surface area contributed by atoms with Crippen molar-refractivity contribution in [3.8, 4) is 0 Å². The van der Waals surface area contributed by atoms with Gasteiger partial charge in [-0.05, 0) is 78.0 Å². The maximum absolute atomic E-state index is 13.7. The Morgan fingerprint density at radius 2 is 1.70 bits per heavy atom. The van der Waals surface area contributed by atoms with Crippen molar-refractivity contribution in [2.24, 2.45) is 17.3 Å². The summed E-state index contributed by atoms with van der Waals surface area (Å²) in [6, 6.07) is 18.3. The summed E-state index contributed by atoms with van der Waals surface area (Å²) in [4.78, 5) is 0.434. The van der Waals surface area contributed by atoms with Crippen LogP contribution in [0.3, 0.4) is 0 Å². The molecule has 0 radical (unpaired) electrons. The van der Waals surface area contributed by atoms with E-state index < -0.39 is 10.0 Å². The van der Waals surface area contributed by atoms with Gasteiger partial charge in [0.25, 0.3) is 0 Å². The number of piperidine rings is 1. The molecule has 0 amide bonds. The lowest BCUT2D eigenvalue weighted by Crippen LogP contribution is -2.54. The number of benzene rings is 2. The van der Waals surface area contributed by atoms with E-state index in [1.807, 2.05) is 24.3 Å². The first kappa shape index (κ1) is 24.5. The topological polar surface area (TPSA) is 37.4 Å². The van der Waals surface area contributed by atoms with Gasteiger partial charge >= 0.3 is 0 Å². The normalized spacial score (nSPS) is 26.7. The van der Waals surface area contributed by atoms with Crippen molar-refractivity contribution in [1.82, 2.24) is 4.31 Å². The predicted molar refractivity (Wildman–Crippen MR) is 137 cm³/mol. The van der Waals surface area contributed by atoms with Crippen LogP contribution in [0, 0.1) is 17.3 Å². The first-order valence-electron chi connectivity index (χ1n) is 12.8. The van der Waals surface area contributed by atoms with Gasteiger partial charge in [-0.1, -0.05) is 83.0 Å². The molecule has 1 heterocycles. The second kappa shape index (κ2) is 9.54. The van der Waals surface area contributed by atoms with Crippen molar-refractivity contribution in [1.29, 1.82) is 0 Å². The van der Waals surface area contributed by atoms with E-state index in [-0.39, 0.29) is 10.8 Å². The van der Waals surface area contributed by atoms with E-state index in [0.717, 1.165) is 30.7 Å². The van der Waals surface area contributed by atoms with Gasteiger partial charge in [0.1, 0.15) is 0 Å². The maximum Gasteiger partial charge on any atom is 0.243 e. The van der Waals surface area contributed by atoms with Crippen molar-refractivity contribution in [3.05, 3.63) is 65.7 Å². The van der Waals surface area contributed by atoms with Gasteiger partial charge in [-0.25, -0.2) is 8.42 Å². The molecule has 33 heavy (non-hydrogen) atoms. The van der Waals surface area contributed by atoms with Gasteiger partial charge < -0.3 is 0 Å². The highest BCUT2D eigenvalue weighted by molar-refractivity contribution is 7.89. The van der Waals surface area contributed by atoms with Crippen molar-refractivity contribution in [3.63, 3.8) is 0 Å². The highest BCUT2D eigenvalue weighted by atomic mass is 32.2. The number of fused-ring (bicyclic) bond motifs is 1. The van der Waals surface area contributed by atoms with Crippen molar-refractivity contribution in [2.45, 2.75) is 83.0 Å². The summed E-state index contributed by atoms with van der Waals surface area (Å²) in [5.74, 6) is 1.41. The average molecular weight is 468 g/mol. The first-order chi connectivity index (χ1) is 15.6. The molecule has 0 bridgehead atoms. The smallest absolute Gasteiger partial charge is 0.207 e. The summed E-state index contributed by atoms with van der Waals surface area (Å²) < 4.78 is 29.2. The summed E-state index contributed by atoms with van der Waals surface area (Å²) in [5.41, 5.74) is 2.56. The van der Waals surface area contributed by atoms with Crippen LogP contribution >= 0.6 is 0 Å². The summed E-state index contributed by atoms with van der Waals surface area (Å²) >= 11 is 0. The summed E-state index contributed by atoms with van der Waals surface area (Å²) in [6.45, 7) is 10.0. The number of hydrogen-bond acceptors (Lipinski definition) is 2. The summed E-state index contributed by atoms with van der Waals surface area (Å²) in [6.07, 6.45) is 8.12. The fourth-order valence-electron chi connectivity index (χ4n) is 6.27. The fourth-order valence-corrected chi connectivity index (χ4v) is 7.82. The zero-order chi connectivity index (χ0) is 23.7. The van der Waals surface area contributed by atoms with E-state index in [9.17, 15) is 8.42 Å². The molecule has 180 valence electrons. The molecule has 4 rings (SSSR count). The van der Waals surface area contributed by atoms with Crippen LogP contribution in [0.1, 0.15) is 77.3 Å². The van der Waals surface area contributed by atoms with Crippen molar-refractivity contribution < 1.29 is 8.42 Å². The highest BCUT2D eigenvalue weighted by Crippen LogP contribution is 2.51. The standard InChI is InChI=1S/C29H41NO2S/c1-5-9-23-16-18-29(21-24-10-7-6-8-11-24)22-30(19-17-26(29)20-23)33(31,32)27-14-12-25(13-15-27)28(2,3)4/h6-8,10-15,23,26H,5,9,16-22H2,1-4H3/t23-,26?,29+/m1/s1. The molecule has 0 aromatic heterocycles. The van der Waals surface area contributed by atoms with E-state index >= 15 is 0 Å². The van der Waals surface area contributed by atoms with E-state index in [1.165, 1.54) is 31.2 Å². The third-order valence-electron chi connectivity index (χ3n) is 8.21. The second-order valence-electron chi connectivity index (χ2n) is 11.6. The van der Waals surface area contributed by atoms with Crippen LogP contribution in [0.2, 0.25) is 0 Å². The molecule has 1 aliphatic carbocycles. The predicted octanol–water partition coefficient (Wildman–Crippen LogP) is 6.82. The summed E-state index contributed by atoms with van der Waals surface area (Å²) in [7, 11) is -3.50. The number of rotatable bonds is 6. The quantitative estimate of drug-likeness (QED) is 0.467. The SMILES string of the molecule is CCC[C@@H]1CC[C@]2(Cc3ccccc3)CN(S(=O)(=O)c3ccc(C(C)(C)C)cc3)CCC2C1. The Balaban J connectivity index is 1.61. The van der Waals surface area contributed by atoms with Gasteiger partial charge in [0, 0.05) is 13.1 Å². The van der Waals surface area contributed by atoms with Crippen LogP contribution in [0.25, 0.3) is 0 Å². The molecule has 1 saturated carbocycles. The Labute approximate surface area is 201 Å². The molecule has 1 aliphatic heterocycles. The summed E-state index contributed by atoms with van der Waals surface area (Å²) in [5, 5.41) is 0. The van der Waals surface area contributed by atoms with Gasteiger partial charge in [0.15, 0.2) is 0 Å². The second-order valence-corrected chi connectivity index (χ2v) is 13.5. The van der Waals surface area contributed by atoms with Gasteiger partial charge in [0.05, 0.1) is 4.90 Å². The molecule has 3 nitrogen and oxygen atoms in total. The molecule has 1 unspecified atom stereocenters. The van der Waals surface area contributed by atoms with Crippen LogP contribution in [0.4, 0.5) is 0 Å². The van der Waals surface area contributed by atoms with Crippen LogP contribution in [-0.4, -0.2) is 25.8 Å². The molecule has 2 aromatic carbocycles. The lowest BCUT2D eigenvalue weighted by molar-refractivity contribution is 0.00258. The number of hydrogen-bond donors (Lipinski definition) is 0. The van der Waals surface area contributed by atoms with Crippen LogP contribution in [0.15, 0.2) is 59.5 Å². The third-order valence-corrected chi connectivity index (χ3v) is 10.1. The third kappa shape index (κ3) is 5.22. The zero-order valence-electron chi connectivity index (χ0n) is 20.9. The van der Waals surface area contributed by atoms with Crippen LogP contribution in [-0.2, 0) is 21.9 Å². The Kier molecular flexibility index (Phi) is 7.08. The molecule has 2 fully saturated rings. The van der Waals surface area contributed by atoms with Crippen molar-refractivity contribution >= 4 is 10.0 Å². The minimum Gasteiger partial charge on any atom is -0.207 e. The van der Waals surface area contributed by atoms with Gasteiger partial charge in [-0.15, -0.1) is 0 Å². The number of nitrogens with zero attached hydrogens (tertiary/aromatic N) is 1. The fraction of sp³-hybridized carbons (Fsp3) is 0.586. The van der Waals surface area contributed by atoms with Gasteiger partial charge in [-0.2, -0.15) is 4.31 Å². The molecule has 4 heteroatoms. The van der Waals surface area contributed by atoms with E-state index in [2.05, 4.69) is 58.0 Å². The zero-order valence-corrected chi connectivity index (χ0v) is 21.7. The largest absolute Gasteiger partial charge is 0.243 e. The lowest BCUT2D eigenvalue weighted by atomic mass is 9.58. The molecule has 2 aliphatic rings. The molecular formula is C29H41NO2S. The monoisotopic (exact) mass is 467 g/mol. The molecule has 0 N–H and O–H groups in total. The maximum atomic E-state index is 13.7. The van der Waals surface area contributed by atoms with Crippen LogP contribution < -0.4 is 0 Å². The Hall–Kier alpha value is -1.65. The highest BCUT2D eigenvalue weighted by Gasteiger charge is 2.49. The van der Waals surface area contributed by atoms with Gasteiger partial charge in [-0.3, -0.25) is 0 Å². The minimum absolute atomic E-state index is 0.0114. The van der Waals surface area contributed by atoms with E-state index in [0.29, 0.717) is 23.9 Å².